The van der Waals surface area contributed by atoms with Gasteiger partial charge < -0.3 is 9.47 Å². The van der Waals surface area contributed by atoms with Crippen molar-refractivity contribution < 1.29 is 19.1 Å². The van der Waals surface area contributed by atoms with Crippen LogP contribution < -0.4 is 0 Å². The Balaban J connectivity index is 2.02. The average molecular weight is 259 g/mol. The number of hydrogen-bond donors (Lipinski definition) is 0. The van der Waals surface area contributed by atoms with Gasteiger partial charge in [0.05, 0.1) is 26.6 Å². The number of hydrogen-bond acceptors (Lipinski definition) is 4. The summed E-state index contributed by atoms with van der Waals surface area (Å²) in [5.41, 5.74) is 1.50. The van der Waals surface area contributed by atoms with Gasteiger partial charge in [0, 0.05) is 6.61 Å². The van der Waals surface area contributed by atoms with Gasteiger partial charge in [-0.3, -0.25) is 0 Å². The third-order valence-corrected chi connectivity index (χ3v) is 4.07. The third kappa shape index (κ3) is 1.70. The Hall–Kier alpha value is -1.46. The van der Waals surface area contributed by atoms with Crippen LogP contribution in [-0.4, -0.2) is 28.8 Å². The van der Waals surface area contributed by atoms with Gasteiger partial charge >= 0.3 is 11.9 Å². The van der Waals surface area contributed by atoms with E-state index in [1.54, 1.807) is 18.2 Å². The van der Waals surface area contributed by atoms with Gasteiger partial charge in [-0.05, 0) is 37.0 Å². The Morgan fingerprint density at radius 2 is 1.89 bits per heavy atom. The summed E-state index contributed by atoms with van der Waals surface area (Å²) in [5, 5.41) is -0.556. The lowest BCUT2D eigenvalue weighted by Gasteiger charge is -2.34. The first-order valence-electron chi connectivity index (χ1n) is 5.90. The topological polar surface area (TPSA) is 52.6 Å². The van der Waals surface area contributed by atoms with E-state index in [0.717, 1.165) is 24.8 Å². The number of benzene rings is 1. The Morgan fingerprint density at radius 3 is 2.61 bits per heavy atom. The molecular weight excluding hydrogens is 248 g/mol. The van der Waals surface area contributed by atoms with E-state index in [0.29, 0.717) is 17.7 Å². The molecule has 1 fully saturated rings. The fourth-order valence-electron chi connectivity index (χ4n) is 2.36. The number of cyclic esters (lactones) is 2. The lowest BCUT2D eigenvalue weighted by Crippen LogP contribution is -2.34. The van der Waals surface area contributed by atoms with Crippen molar-refractivity contribution in [2.45, 2.75) is 24.5 Å². The van der Waals surface area contributed by atoms with Crippen molar-refractivity contribution in [2.75, 3.05) is 6.61 Å². The van der Waals surface area contributed by atoms with Gasteiger partial charge in [-0.1, -0.05) is 6.07 Å². The third-order valence-electron chi connectivity index (χ3n) is 3.38. The highest BCUT2D eigenvalue weighted by atomic mass is 28.1. The minimum absolute atomic E-state index is 0.323. The predicted molar refractivity (Wildman–Crippen MR) is 63.4 cm³/mol. The molecule has 1 saturated heterocycles. The number of ether oxygens (including phenoxy) is 2. The van der Waals surface area contributed by atoms with E-state index in [2.05, 4.69) is 15.0 Å². The second-order valence-electron chi connectivity index (χ2n) is 4.57. The fourth-order valence-corrected chi connectivity index (χ4v) is 2.79. The Labute approximate surface area is 108 Å². The van der Waals surface area contributed by atoms with Crippen LogP contribution in [0, 0.1) is 0 Å². The summed E-state index contributed by atoms with van der Waals surface area (Å²) in [6.07, 6.45) is 2.94. The molecule has 1 unspecified atom stereocenters. The molecule has 2 aliphatic heterocycles. The Kier molecular flexibility index (Phi) is 2.60. The molecule has 0 spiro atoms. The largest absolute Gasteiger partial charge is 0.386 e. The van der Waals surface area contributed by atoms with Crippen molar-refractivity contribution in [1.82, 2.24) is 0 Å². The normalized spacial score (nSPS) is 26.9. The minimum Gasteiger partial charge on any atom is -0.386 e. The highest BCUT2D eigenvalue weighted by molar-refractivity contribution is 6.17. The quantitative estimate of drug-likeness (QED) is 0.436. The summed E-state index contributed by atoms with van der Waals surface area (Å²) >= 11 is 0. The number of fused-ring (bicyclic) bond motifs is 1. The lowest BCUT2D eigenvalue weighted by atomic mass is 9.97. The molecule has 0 aromatic heterocycles. The summed E-state index contributed by atoms with van der Waals surface area (Å²) in [6, 6.07) is 5.11. The molecule has 3 rings (SSSR count). The summed E-state index contributed by atoms with van der Waals surface area (Å²) in [6.45, 7) is 0.684. The van der Waals surface area contributed by atoms with Gasteiger partial charge in [0.2, 0.25) is 0 Å². The van der Waals surface area contributed by atoms with Gasteiger partial charge in [-0.25, -0.2) is 9.59 Å². The van der Waals surface area contributed by atoms with Crippen molar-refractivity contribution in [3.8, 4) is 0 Å². The lowest BCUT2D eigenvalue weighted by molar-refractivity contribution is -0.0210. The number of carbonyl (C=O) groups is 2. The molecule has 4 nitrogen and oxygen atoms in total. The van der Waals surface area contributed by atoms with Gasteiger partial charge in [0.15, 0.2) is 0 Å². The van der Waals surface area contributed by atoms with E-state index in [1.165, 1.54) is 0 Å². The maximum absolute atomic E-state index is 11.5. The molecular formula is C13H11O4Si. The summed E-state index contributed by atoms with van der Waals surface area (Å²) in [5.74, 6) is -1.16. The first-order chi connectivity index (χ1) is 8.60. The highest BCUT2D eigenvalue weighted by Gasteiger charge is 2.35. The summed E-state index contributed by atoms with van der Waals surface area (Å²) in [7, 11) is 3.65. The molecule has 0 N–H and O–H groups in total. The predicted octanol–water partition coefficient (Wildman–Crippen LogP) is 1.52. The number of rotatable bonds is 1. The van der Waals surface area contributed by atoms with Crippen LogP contribution in [0.1, 0.15) is 45.5 Å². The number of carbonyl (C=O) groups excluding carboxylic acids is 2. The molecule has 2 heterocycles. The zero-order valence-corrected chi connectivity index (χ0v) is 10.7. The van der Waals surface area contributed by atoms with Crippen LogP contribution in [0.5, 0.6) is 0 Å². The van der Waals surface area contributed by atoms with Crippen LogP contribution in [0.4, 0.5) is 0 Å². The van der Waals surface area contributed by atoms with Crippen LogP contribution >= 0.6 is 0 Å². The molecule has 91 valence electrons. The molecule has 1 aromatic carbocycles. The monoisotopic (exact) mass is 259 g/mol. The SMILES string of the molecule is O=C1OC(=O)c2cc(C3([Si])CCCCO3)ccc21. The van der Waals surface area contributed by atoms with Crippen LogP contribution in [0.3, 0.4) is 0 Å². The van der Waals surface area contributed by atoms with Gasteiger partial charge in [-0.15, -0.1) is 0 Å². The van der Waals surface area contributed by atoms with Crippen LogP contribution in [-0.2, 0) is 14.7 Å². The van der Waals surface area contributed by atoms with Crippen molar-refractivity contribution in [3.05, 3.63) is 34.9 Å². The van der Waals surface area contributed by atoms with Gasteiger partial charge in [0.1, 0.15) is 0 Å². The van der Waals surface area contributed by atoms with Crippen LogP contribution in [0.25, 0.3) is 0 Å². The molecule has 18 heavy (non-hydrogen) atoms. The van der Waals surface area contributed by atoms with Crippen LogP contribution in [0.2, 0.25) is 0 Å². The van der Waals surface area contributed by atoms with Crippen molar-refractivity contribution in [1.29, 1.82) is 0 Å². The molecule has 3 radical (unpaired) electrons. The summed E-state index contributed by atoms with van der Waals surface area (Å²) in [4.78, 5) is 22.9. The maximum Gasteiger partial charge on any atom is 0.346 e. The van der Waals surface area contributed by atoms with Crippen LogP contribution in [0.15, 0.2) is 18.2 Å². The van der Waals surface area contributed by atoms with E-state index in [9.17, 15) is 9.59 Å². The van der Waals surface area contributed by atoms with Gasteiger partial charge in [-0.2, -0.15) is 0 Å². The second kappa shape index (κ2) is 4.03. The first kappa shape index (κ1) is 11.6. The molecule has 2 aliphatic rings. The molecule has 0 bridgehead atoms. The minimum atomic E-state index is -0.581. The Bertz CT molecular complexity index is 532. The molecule has 0 aliphatic carbocycles. The standard InChI is InChI=1S/C13H11O4Si/c14-11-9-4-3-8(7-10(9)12(15)17-11)13(18)5-1-2-6-16-13/h3-4,7H,1-2,5-6H2. The molecule has 0 amide bonds. The van der Waals surface area contributed by atoms with Crippen molar-refractivity contribution in [2.24, 2.45) is 0 Å². The van der Waals surface area contributed by atoms with E-state index in [4.69, 9.17) is 4.74 Å². The van der Waals surface area contributed by atoms with Crippen molar-refractivity contribution in [3.63, 3.8) is 0 Å². The van der Waals surface area contributed by atoms with Crippen molar-refractivity contribution >= 4 is 22.2 Å². The van der Waals surface area contributed by atoms with E-state index in [-0.39, 0.29) is 0 Å². The number of esters is 2. The van der Waals surface area contributed by atoms with E-state index in [1.807, 2.05) is 0 Å². The smallest absolute Gasteiger partial charge is 0.346 e. The second-order valence-corrected chi connectivity index (χ2v) is 5.38. The summed E-state index contributed by atoms with van der Waals surface area (Å²) < 4.78 is 10.3. The molecule has 1 atom stereocenters. The van der Waals surface area contributed by atoms with Gasteiger partial charge in [0.25, 0.3) is 0 Å². The highest BCUT2D eigenvalue weighted by Crippen LogP contribution is 2.34. The fraction of sp³-hybridized carbons (Fsp3) is 0.385. The Morgan fingerprint density at radius 1 is 1.11 bits per heavy atom. The molecule has 0 saturated carbocycles. The zero-order valence-electron chi connectivity index (χ0n) is 9.69. The first-order valence-corrected chi connectivity index (χ1v) is 6.40. The molecule has 1 aromatic rings. The molecule has 5 heteroatoms. The zero-order chi connectivity index (χ0) is 12.8. The van der Waals surface area contributed by atoms with E-state index >= 15 is 0 Å². The average Bonchev–Trinajstić information content (AvgIpc) is 2.66. The maximum atomic E-state index is 11.5. The van der Waals surface area contributed by atoms with E-state index < -0.39 is 17.2 Å².